The maximum atomic E-state index is 12.6. The van der Waals surface area contributed by atoms with Gasteiger partial charge >= 0.3 is 5.97 Å². The lowest BCUT2D eigenvalue weighted by atomic mass is 10.3. The molecule has 0 atom stereocenters. The highest BCUT2D eigenvalue weighted by molar-refractivity contribution is 7.16. The predicted octanol–water partition coefficient (Wildman–Crippen LogP) is 3.44. The lowest BCUT2D eigenvalue weighted by molar-refractivity contribution is -0.143. The Hall–Kier alpha value is -2.45. The van der Waals surface area contributed by atoms with Crippen molar-refractivity contribution in [2.45, 2.75) is 33.4 Å². The normalized spacial score (nSPS) is 12.1. The van der Waals surface area contributed by atoms with E-state index in [2.05, 4.69) is 10.1 Å². The van der Waals surface area contributed by atoms with Crippen molar-refractivity contribution >= 4 is 45.0 Å². The van der Waals surface area contributed by atoms with Crippen molar-refractivity contribution in [2.75, 3.05) is 6.61 Å². The lowest BCUT2D eigenvalue weighted by Gasteiger charge is -2.05. The smallest absolute Gasteiger partial charge is 0.326 e. The summed E-state index contributed by atoms with van der Waals surface area (Å²) >= 11 is 7.35. The third-order valence-electron chi connectivity index (χ3n) is 3.79. The minimum absolute atomic E-state index is 0.0397. The molecule has 3 aromatic rings. The van der Waals surface area contributed by atoms with Gasteiger partial charge in [0.05, 0.1) is 16.8 Å². The second-order valence-electron chi connectivity index (χ2n) is 6.08. The molecule has 0 saturated heterocycles. The summed E-state index contributed by atoms with van der Waals surface area (Å²) in [5.41, 5.74) is 1.01. The van der Waals surface area contributed by atoms with Crippen LogP contribution in [0.15, 0.2) is 35.5 Å². The Labute approximate surface area is 164 Å². The van der Waals surface area contributed by atoms with Crippen LogP contribution >= 0.6 is 22.9 Å². The molecule has 27 heavy (non-hydrogen) atoms. The summed E-state index contributed by atoms with van der Waals surface area (Å²) in [6, 6.07) is 7.08. The average molecular weight is 407 g/mol. The van der Waals surface area contributed by atoms with Gasteiger partial charge in [0.2, 0.25) is 0 Å². The highest BCUT2D eigenvalue weighted by Crippen LogP contribution is 2.22. The molecule has 7 nitrogen and oxygen atoms in total. The zero-order valence-corrected chi connectivity index (χ0v) is 16.8. The van der Waals surface area contributed by atoms with Crippen LogP contribution in [0.3, 0.4) is 0 Å². The van der Waals surface area contributed by atoms with Crippen molar-refractivity contribution in [3.8, 4) is 0 Å². The van der Waals surface area contributed by atoms with Crippen LogP contribution in [0.1, 0.15) is 37.3 Å². The van der Waals surface area contributed by atoms with Crippen LogP contribution in [-0.4, -0.2) is 32.8 Å². The molecule has 0 spiro atoms. The molecular weight excluding hydrogens is 388 g/mol. The van der Waals surface area contributed by atoms with Gasteiger partial charge in [-0.3, -0.25) is 14.3 Å². The fourth-order valence-electron chi connectivity index (χ4n) is 2.50. The van der Waals surface area contributed by atoms with Gasteiger partial charge in [-0.15, -0.1) is 0 Å². The summed E-state index contributed by atoms with van der Waals surface area (Å²) < 4.78 is 9.22. The van der Waals surface area contributed by atoms with Crippen molar-refractivity contribution in [2.24, 2.45) is 4.99 Å². The first-order valence-electron chi connectivity index (χ1n) is 8.47. The fourth-order valence-corrected chi connectivity index (χ4v) is 3.81. The Morgan fingerprint density at radius 1 is 1.33 bits per heavy atom. The van der Waals surface area contributed by atoms with Gasteiger partial charge in [-0.25, -0.2) is 0 Å². The molecule has 9 heteroatoms. The van der Waals surface area contributed by atoms with E-state index in [0.29, 0.717) is 9.82 Å². The van der Waals surface area contributed by atoms with Gasteiger partial charge in [-0.05, 0) is 45.0 Å². The van der Waals surface area contributed by atoms with Crippen molar-refractivity contribution in [3.63, 3.8) is 0 Å². The van der Waals surface area contributed by atoms with E-state index in [-0.39, 0.29) is 24.9 Å². The maximum absolute atomic E-state index is 12.6. The Balaban J connectivity index is 2.06. The van der Waals surface area contributed by atoms with E-state index in [0.717, 1.165) is 10.2 Å². The van der Waals surface area contributed by atoms with Crippen LogP contribution in [-0.2, 0) is 16.1 Å². The Morgan fingerprint density at radius 2 is 2.11 bits per heavy atom. The third-order valence-corrected chi connectivity index (χ3v) is 5.07. The van der Waals surface area contributed by atoms with Crippen molar-refractivity contribution in [1.82, 2.24) is 14.3 Å². The highest BCUT2D eigenvalue weighted by Gasteiger charge is 2.15. The van der Waals surface area contributed by atoms with Crippen LogP contribution in [0.25, 0.3) is 10.2 Å². The molecule has 1 amide bonds. The van der Waals surface area contributed by atoms with E-state index in [1.807, 2.05) is 13.8 Å². The van der Waals surface area contributed by atoms with Gasteiger partial charge in [0.15, 0.2) is 10.5 Å². The van der Waals surface area contributed by atoms with Gasteiger partial charge < -0.3 is 9.30 Å². The number of thiazole rings is 1. The van der Waals surface area contributed by atoms with E-state index in [4.69, 9.17) is 16.3 Å². The minimum atomic E-state index is -0.468. The van der Waals surface area contributed by atoms with Crippen molar-refractivity contribution in [3.05, 3.63) is 46.0 Å². The summed E-state index contributed by atoms with van der Waals surface area (Å²) in [5, 5.41) is 4.82. The molecule has 0 bridgehead atoms. The van der Waals surface area contributed by atoms with Crippen molar-refractivity contribution in [1.29, 1.82) is 0 Å². The summed E-state index contributed by atoms with van der Waals surface area (Å²) in [6.45, 7) is 5.93. The maximum Gasteiger partial charge on any atom is 0.326 e. The topological polar surface area (TPSA) is 78.5 Å². The molecule has 2 aromatic heterocycles. The molecular formula is C18H19ClN4O3S. The second-order valence-corrected chi connectivity index (χ2v) is 7.53. The zero-order chi connectivity index (χ0) is 19.6. The summed E-state index contributed by atoms with van der Waals surface area (Å²) in [6.07, 6.45) is 1.74. The van der Waals surface area contributed by atoms with Gasteiger partial charge in [0.1, 0.15) is 6.54 Å². The number of rotatable bonds is 5. The monoisotopic (exact) mass is 406 g/mol. The standard InChI is InChI=1S/C18H19ClN4O3S/c1-4-26-16(24)10-22-14-6-5-12(19)9-15(14)27-18(22)20-17(25)13-7-8-23(21-13)11(2)3/h5-9,11H,4,10H2,1-3H3. The number of hydrogen-bond acceptors (Lipinski definition) is 5. The number of carbonyl (C=O) groups is 2. The summed E-state index contributed by atoms with van der Waals surface area (Å²) in [4.78, 5) is 29.2. The number of ether oxygens (including phenoxy) is 1. The summed E-state index contributed by atoms with van der Waals surface area (Å²) in [5.74, 6) is -0.866. The van der Waals surface area contributed by atoms with Gasteiger partial charge in [0, 0.05) is 17.3 Å². The van der Waals surface area contributed by atoms with E-state index in [1.165, 1.54) is 11.3 Å². The van der Waals surface area contributed by atoms with Crippen LogP contribution in [0.4, 0.5) is 0 Å². The molecule has 142 valence electrons. The largest absolute Gasteiger partial charge is 0.465 e. The SMILES string of the molecule is CCOC(=O)Cn1c(=NC(=O)c2ccn(C(C)C)n2)sc2cc(Cl)ccc21. The van der Waals surface area contributed by atoms with E-state index < -0.39 is 11.9 Å². The molecule has 0 aliphatic rings. The second kappa shape index (κ2) is 8.06. The zero-order valence-electron chi connectivity index (χ0n) is 15.2. The van der Waals surface area contributed by atoms with Crippen LogP contribution in [0.5, 0.6) is 0 Å². The first kappa shape index (κ1) is 19.3. The molecule has 0 saturated carbocycles. The molecule has 1 aromatic carbocycles. The predicted molar refractivity (Wildman–Crippen MR) is 104 cm³/mol. The number of carbonyl (C=O) groups excluding carboxylic acids is 2. The first-order chi connectivity index (χ1) is 12.9. The molecule has 0 unspecified atom stereocenters. The molecule has 0 radical (unpaired) electrons. The number of fused-ring (bicyclic) bond motifs is 1. The molecule has 0 aliphatic heterocycles. The number of aromatic nitrogens is 3. The number of nitrogens with zero attached hydrogens (tertiary/aromatic N) is 4. The average Bonchev–Trinajstić information content (AvgIpc) is 3.21. The van der Waals surface area contributed by atoms with Gasteiger partial charge in [-0.1, -0.05) is 22.9 Å². The fraction of sp³-hybridized carbons (Fsp3) is 0.333. The van der Waals surface area contributed by atoms with Gasteiger partial charge in [-0.2, -0.15) is 10.1 Å². The third kappa shape index (κ3) is 4.28. The van der Waals surface area contributed by atoms with Crippen LogP contribution < -0.4 is 4.80 Å². The number of benzene rings is 1. The van der Waals surface area contributed by atoms with Crippen molar-refractivity contribution < 1.29 is 14.3 Å². The van der Waals surface area contributed by atoms with E-state index in [9.17, 15) is 9.59 Å². The number of halogens is 1. The number of esters is 1. The highest BCUT2D eigenvalue weighted by atomic mass is 35.5. The quantitative estimate of drug-likeness (QED) is 0.608. The minimum Gasteiger partial charge on any atom is -0.465 e. The molecule has 3 rings (SSSR count). The molecule has 0 fully saturated rings. The van der Waals surface area contributed by atoms with E-state index in [1.54, 1.807) is 46.6 Å². The number of hydrogen-bond donors (Lipinski definition) is 0. The van der Waals surface area contributed by atoms with E-state index >= 15 is 0 Å². The molecule has 0 aliphatic carbocycles. The van der Waals surface area contributed by atoms with Gasteiger partial charge in [0.25, 0.3) is 5.91 Å². The molecule has 2 heterocycles. The van der Waals surface area contributed by atoms with Crippen LogP contribution in [0, 0.1) is 0 Å². The Bertz CT molecular complexity index is 1060. The Morgan fingerprint density at radius 3 is 2.78 bits per heavy atom. The Kier molecular flexibility index (Phi) is 5.76. The summed E-state index contributed by atoms with van der Waals surface area (Å²) in [7, 11) is 0. The number of amides is 1. The first-order valence-corrected chi connectivity index (χ1v) is 9.67. The van der Waals surface area contributed by atoms with Crippen LogP contribution in [0.2, 0.25) is 5.02 Å². The molecule has 0 N–H and O–H groups in total. The lowest BCUT2D eigenvalue weighted by Crippen LogP contribution is -2.23.